The third-order valence-electron chi connectivity index (χ3n) is 32.0. The van der Waals surface area contributed by atoms with E-state index in [4.69, 9.17) is 4.99 Å². The van der Waals surface area contributed by atoms with E-state index in [1.807, 2.05) is 4.90 Å². The van der Waals surface area contributed by atoms with E-state index in [0.29, 0.717) is 0 Å². The van der Waals surface area contributed by atoms with Crippen LogP contribution >= 0.6 is 0 Å². The number of carbonyl (C=O) groups is 2. The van der Waals surface area contributed by atoms with Crippen LogP contribution in [0.5, 0.6) is 0 Å². The molecule has 36 rings (SSSR count). The number of hydrogen-bond donors (Lipinski definition) is 1. The van der Waals surface area contributed by atoms with Crippen LogP contribution < -0.4 is 5.32 Å². The summed E-state index contributed by atoms with van der Waals surface area (Å²) in [4.78, 5) is 44.0. The summed E-state index contributed by atoms with van der Waals surface area (Å²) < 4.78 is 0. The lowest BCUT2D eigenvalue weighted by Gasteiger charge is -2.56. The molecule has 5 nitrogen and oxygen atoms in total. The van der Waals surface area contributed by atoms with Gasteiger partial charge in [0, 0.05) is 12.1 Å². The molecule has 2 fully saturated rings. The monoisotopic (exact) mass is 1190 g/mol. The molecule has 5 heteroatoms. The molecule has 2 saturated carbocycles. The van der Waals surface area contributed by atoms with Crippen molar-refractivity contribution in [1.29, 1.82) is 0 Å². The quantitative estimate of drug-likeness (QED) is 0.116. The largest absolute Gasteiger partial charge is 0.335 e. The number of aliphatic imine (C=N–C) groups is 1. The zero-order chi connectivity index (χ0) is 58.5. The standard InChI is InChI=1S/C89H43N3O2/c1-3-4-5-8-13-22-18-20-23(21-19-22)84-88-80-72-64-54-44-36-28-26-27-30-34-32(28)40-48-42(34)52-46-38(30)39-31(27)35-33-29(26)37(36)45-51-41(33)49-43(35)53-47(39)57-56(46)68-62(52)70-60(48)66(58(64)50(40)44)74(80)76(70)82-78(68)79-69(57)63(53)71-61(49)67-59(51)65(55(45)54)73(72)81(88)75(67)77(71)83(79)89(82,88)87(2,91-84)85(93)92(25-16-11-7-12-17-25)86(94)90-24-14-9-6-10-15-24/h18-21,24-25H,3-17H2,1-2H3,(H,90,94)/t87-,88?,89?/m0/s1. The number of hydrogen-bond acceptors (Lipinski definition) is 3. The van der Waals surface area contributed by atoms with E-state index in [9.17, 15) is 0 Å². The first-order chi connectivity index (χ1) is 46.5. The molecule has 0 bridgehead atoms. The highest BCUT2D eigenvalue weighted by Gasteiger charge is 2.82. The van der Waals surface area contributed by atoms with Gasteiger partial charge >= 0.3 is 6.03 Å². The predicted octanol–water partition coefficient (Wildman–Crippen LogP) is 22.9. The van der Waals surface area contributed by atoms with Crippen LogP contribution in [-0.4, -0.2) is 40.2 Å². The summed E-state index contributed by atoms with van der Waals surface area (Å²) in [5, 5.41) is 87.2. The molecule has 1 aliphatic heterocycles. The summed E-state index contributed by atoms with van der Waals surface area (Å²) in [5.74, 6) is -0.0628. The lowest BCUT2D eigenvalue weighted by atomic mass is 9.43. The lowest BCUT2D eigenvalue weighted by molar-refractivity contribution is -0.137. The summed E-state index contributed by atoms with van der Waals surface area (Å²) >= 11 is 0. The van der Waals surface area contributed by atoms with Crippen LogP contribution in [0.25, 0.3) is 291 Å². The highest BCUT2D eigenvalue weighted by atomic mass is 16.2. The second kappa shape index (κ2) is 10.9. The summed E-state index contributed by atoms with van der Waals surface area (Å²) in [5.41, 5.74) is 5.93. The smallest absolute Gasteiger partial charge is 0.324 e. The van der Waals surface area contributed by atoms with Gasteiger partial charge in [-0.05, 0) is 370 Å². The number of aryl methyl sites for hydroxylation is 1. The molecule has 1 heterocycles. The SMILES string of the molecule is CCCCCCc1ccc(C2=N[C@@](C)(C(=O)N(C(=O)NC3CCCCC3)C3CCCCC3)C34c5c6c7c8c9c%10c(c%11c%12c3c3c5c5c%13c6c6c7c7c9c9c%14c%10c%10c%11c%11c%12c%12c3c3c5c5c%13c%13c6c6c7c9c7c9c%14c%10c%10c%11c%11c%12c3c3c5c5c%13c6c7c6c9c%10c%11c3c56)C284)cc1. The van der Waals surface area contributed by atoms with Crippen molar-refractivity contribution in [3.63, 3.8) is 0 Å². The Balaban J connectivity index is 0.891. The number of nitrogens with zero attached hydrogens (tertiary/aromatic N) is 2. The third kappa shape index (κ3) is 2.79. The first kappa shape index (κ1) is 41.8. The summed E-state index contributed by atoms with van der Waals surface area (Å²) in [6.45, 7) is 4.69. The van der Waals surface area contributed by atoms with E-state index in [-0.39, 0.29) is 24.0 Å². The number of benzene rings is 19. The van der Waals surface area contributed by atoms with Crippen molar-refractivity contribution >= 4 is 309 Å². The predicted molar refractivity (Wildman–Crippen MR) is 392 cm³/mol. The Kier molecular flexibility index (Phi) is 4.85. The average molecular weight is 1190 g/mol. The lowest BCUT2D eigenvalue weighted by Crippen LogP contribution is -2.68. The molecule has 0 aromatic heterocycles. The van der Waals surface area contributed by atoms with Crippen molar-refractivity contribution in [2.24, 2.45) is 4.99 Å². The van der Waals surface area contributed by atoms with Crippen molar-refractivity contribution in [1.82, 2.24) is 10.2 Å². The van der Waals surface area contributed by atoms with Crippen LogP contribution in [0.4, 0.5) is 4.79 Å². The van der Waals surface area contributed by atoms with Crippen LogP contribution in [0, 0.1) is 0 Å². The molecule has 1 atom stereocenters. The maximum atomic E-state index is 18.7. The Labute approximate surface area is 526 Å². The van der Waals surface area contributed by atoms with Crippen molar-refractivity contribution in [2.75, 3.05) is 0 Å². The molecule has 29 aromatic rings. The number of unbranched alkanes of at least 4 members (excludes halogenated alkanes) is 3. The third-order valence-corrected chi connectivity index (χ3v) is 32.0. The first-order valence-electron chi connectivity index (χ1n) is 36.6. The molecule has 7 aliphatic rings. The maximum absolute atomic E-state index is 18.7. The van der Waals surface area contributed by atoms with Gasteiger partial charge in [0.05, 0.1) is 16.5 Å². The normalized spacial score (nSPS) is 23.6. The van der Waals surface area contributed by atoms with Gasteiger partial charge in [-0.3, -0.25) is 14.7 Å². The zero-order valence-electron chi connectivity index (χ0n) is 51.3. The van der Waals surface area contributed by atoms with Gasteiger partial charge in [-0.1, -0.05) is 89.0 Å². The van der Waals surface area contributed by atoms with Crippen molar-refractivity contribution < 1.29 is 9.59 Å². The fourth-order valence-corrected chi connectivity index (χ4v) is 30.5. The Morgan fingerprint density at radius 1 is 0.383 bits per heavy atom. The molecule has 3 amide bonds. The van der Waals surface area contributed by atoms with Gasteiger partial charge in [-0.2, -0.15) is 0 Å². The number of carbonyl (C=O) groups excluding carboxylic acids is 2. The van der Waals surface area contributed by atoms with Crippen molar-refractivity contribution in [3.8, 4) is 0 Å². The molecular formula is C89H43N3O2. The minimum absolute atomic E-state index is 0.0529. The highest BCUT2D eigenvalue weighted by molar-refractivity contribution is 6.82. The maximum Gasteiger partial charge on any atom is 0.324 e. The number of amides is 3. The van der Waals surface area contributed by atoms with E-state index in [1.54, 1.807) is 172 Å². The second-order valence-electron chi connectivity index (χ2n) is 34.0. The van der Waals surface area contributed by atoms with Gasteiger partial charge in [0.25, 0.3) is 5.91 Å². The molecular weight excluding hydrogens is 1140 g/mol. The van der Waals surface area contributed by atoms with Crippen LogP contribution in [0.2, 0.25) is 0 Å². The molecule has 29 aromatic carbocycles. The van der Waals surface area contributed by atoms with Gasteiger partial charge in [0.2, 0.25) is 0 Å². The molecule has 94 heavy (non-hydrogen) atoms. The van der Waals surface area contributed by atoms with E-state index < -0.39 is 16.4 Å². The van der Waals surface area contributed by atoms with Crippen LogP contribution in [0.1, 0.15) is 137 Å². The Bertz CT molecular complexity index is 8140. The van der Waals surface area contributed by atoms with Gasteiger partial charge < -0.3 is 5.32 Å². The topological polar surface area (TPSA) is 61.8 Å². The Morgan fingerprint density at radius 2 is 0.681 bits per heavy atom. The fraction of sp³-hybridized carbons (Fsp3) is 0.247. The molecule has 1 N–H and O–H groups in total. The van der Waals surface area contributed by atoms with Crippen molar-refractivity contribution in [3.05, 3.63) is 57.6 Å². The van der Waals surface area contributed by atoms with Gasteiger partial charge in [-0.25, -0.2) is 4.79 Å². The molecule has 426 valence electrons. The van der Waals surface area contributed by atoms with Crippen LogP contribution in [0.15, 0.2) is 29.3 Å². The minimum atomic E-state index is -1.48. The van der Waals surface area contributed by atoms with E-state index in [0.717, 1.165) is 75.5 Å². The van der Waals surface area contributed by atoms with Crippen LogP contribution in [-0.2, 0) is 22.0 Å². The number of urea groups is 1. The highest BCUT2D eigenvalue weighted by Crippen LogP contribution is 2.87. The molecule has 2 spiro atoms. The molecule has 6 aliphatic carbocycles. The van der Waals surface area contributed by atoms with E-state index in [2.05, 4.69) is 43.4 Å². The fourth-order valence-electron chi connectivity index (χ4n) is 30.5. The Hall–Kier alpha value is -9.71. The number of imide groups is 1. The molecule has 0 saturated heterocycles. The average Bonchev–Trinajstić information content (AvgIpc) is 1.38. The molecule has 0 radical (unpaired) electrons. The minimum Gasteiger partial charge on any atom is -0.335 e. The van der Waals surface area contributed by atoms with Gasteiger partial charge in [0.15, 0.2) is 5.54 Å². The van der Waals surface area contributed by atoms with E-state index in [1.165, 1.54) is 178 Å². The van der Waals surface area contributed by atoms with E-state index >= 15 is 9.59 Å². The van der Waals surface area contributed by atoms with Gasteiger partial charge in [0.1, 0.15) is 0 Å². The first-order valence-corrected chi connectivity index (χ1v) is 36.6. The zero-order valence-corrected chi connectivity index (χ0v) is 51.3. The Morgan fingerprint density at radius 3 is 1.00 bits per heavy atom. The molecule has 0 unspecified atom stereocenters. The second-order valence-corrected chi connectivity index (χ2v) is 34.0. The summed E-state index contributed by atoms with van der Waals surface area (Å²) in [7, 11) is 0. The summed E-state index contributed by atoms with van der Waals surface area (Å²) in [6, 6.07) is 9.57. The number of nitrogens with one attached hydrogen (secondary N) is 1. The summed E-state index contributed by atoms with van der Waals surface area (Å²) in [6.07, 6.45) is 16.1. The van der Waals surface area contributed by atoms with Crippen LogP contribution in [0.3, 0.4) is 0 Å². The number of rotatable bonds is 9. The van der Waals surface area contributed by atoms with Gasteiger partial charge in [-0.15, -0.1) is 0 Å². The van der Waals surface area contributed by atoms with Crippen molar-refractivity contribution in [2.45, 2.75) is 139 Å².